The van der Waals surface area contributed by atoms with Crippen molar-refractivity contribution in [1.29, 1.82) is 0 Å². The second-order valence-electron chi connectivity index (χ2n) is 6.61. The van der Waals surface area contributed by atoms with Gasteiger partial charge in [-0.3, -0.25) is 24.6 Å². The lowest BCUT2D eigenvalue weighted by Crippen LogP contribution is -2.51. The van der Waals surface area contributed by atoms with Crippen LogP contribution in [0.15, 0.2) is 42.5 Å². The number of fused-ring (bicyclic) bond motifs is 1. The van der Waals surface area contributed by atoms with E-state index < -0.39 is 47.7 Å². The molecule has 0 aliphatic carbocycles. The van der Waals surface area contributed by atoms with Gasteiger partial charge in [0.15, 0.2) is 12.4 Å². The number of nitrogens with one attached hydrogen (secondary N) is 1. The molecule has 0 spiro atoms. The molecule has 2 aromatic carbocycles. The van der Waals surface area contributed by atoms with Crippen molar-refractivity contribution in [2.24, 2.45) is 0 Å². The van der Waals surface area contributed by atoms with Crippen LogP contribution in [0.3, 0.4) is 0 Å². The van der Waals surface area contributed by atoms with E-state index in [1.807, 2.05) is 0 Å². The molecule has 30 heavy (non-hydrogen) atoms. The second-order valence-corrected chi connectivity index (χ2v) is 6.61. The number of para-hydroxylation sites is 2. The number of hydrogen-bond donors (Lipinski definition) is 1. The molecule has 0 fully saturated rings. The Morgan fingerprint density at radius 1 is 1.30 bits per heavy atom. The molecular weight excluding hydrogens is 407 g/mol. The third kappa shape index (κ3) is 4.34. The SMILES string of the molecule is Cc1ccc([N+](=O)[O-])c(OCC(=O)N2c3ccccc3NC(=O)CC2C(F)(F)F)c1. The predicted octanol–water partition coefficient (Wildman–Crippen LogP) is 3.59. The molecule has 1 aliphatic heterocycles. The van der Waals surface area contributed by atoms with Crippen molar-refractivity contribution in [3.05, 3.63) is 58.1 Å². The minimum atomic E-state index is -4.89. The molecule has 8 nitrogen and oxygen atoms in total. The summed E-state index contributed by atoms with van der Waals surface area (Å²) in [6.45, 7) is 0.750. The summed E-state index contributed by atoms with van der Waals surface area (Å²) in [6, 6.07) is 7.12. The smallest absolute Gasteiger partial charge is 0.409 e. The number of nitro groups is 1. The molecule has 0 saturated heterocycles. The zero-order valence-electron chi connectivity index (χ0n) is 15.6. The summed E-state index contributed by atoms with van der Waals surface area (Å²) < 4.78 is 46.3. The first-order chi connectivity index (χ1) is 14.1. The van der Waals surface area contributed by atoms with Gasteiger partial charge in [-0.1, -0.05) is 18.2 Å². The number of rotatable bonds is 4. The minimum Gasteiger partial charge on any atom is -0.477 e. The van der Waals surface area contributed by atoms with Crippen LogP contribution in [0.4, 0.5) is 30.2 Å². The number of hydrogen-bond acceptors (Lipinski definition) is 5. The summed E-state index contributed by atoms with van der Waals surface area (Å²) >= 11 is 0. The lowest BCUT2D eigenvalue weighted by Gasteiger charge is -2.31. The first kappa shape index (κ1) is 21.1. The van der Waals surface area contributed by atoms with E-state index in [-0.39, 0.29) is 17.1 Å². The fourth-order valence-electron chi connectivity index (χ4n) is 3.09. The molecule has 0 radical (unpaired) electrons. The highest BCUT2D eigenvalue weighted by atomic mass is 19.4. The minimum absolute atomic E-state index is 0.0455. The van der Waals surface area contributed by atoms with Crippen molar-refractivity contribution in [2.45, 2.75) is 25.6 Å². The quantitative estimate of drug-likeness (QED) is 0.598. The largest absolute Gasteiger partial charge is 0.477 e. The lowest BCUT2D eigenvalue weighted by atomic mass is 10.1. The Kier molecular flexibility index (Phi) is 5.63. The Morgan fingerprint density at radius 2 is 2.00 bits per heavy atom. The third-order valence-electron chi connectivity index (χ3n) is 4.44. The molecule has 1 aliphatic rings. The van der Waals surface area contributed by atoms with Crippen LogP contribution in [-0.4, -0.2) is 35.6 Å². The van der Waals surface area contributed by atoms with Gasteiger partial charge in [0.25, 0.3) is 5.91 Å². The van der Waals surface area contributed by atoms with Gasteiger partial charge in [-0.2, -0.15) is 13.2 Å². The normalized spacial score (nSPS) is 16.3. The van der Waals surface area contributed by atoms with Crippen LogP contribution < -0.4 is 15.0 Å². The first-order valence-corrected chi connectivity index (χ1v) is 8.73. The highest BCUT2D eigenvalue weighted by Gasteiger charge is 2.49. The van der Waals surface area contributed by atoms with E-state index in [9.17, 15) is 32.9 Å². The standard InChI is InChI=1S/C19H16F3N3O5/c1-11-6-7-14(25(28)29)15(8-11)30-10-18(27)24-13-5-3-2-4-12(13)23-17(26)9-16(24)19(20,21)22/h2-8,16H,9-10H2,1H3,(H,23,26). The average molecular weight is 423 g/mol. The summed E-state index contributed by atoms with van der Waals surface area (Å²) in [5.74, 6) is -2.23. The van der Waals surface area contributed by atoms with Crippen molar-refractivity contribution >= 4 is 28.9 Å². The summed E-state index contributed by atoms with van der Waals surface area (Å²) in [5, 5.41) is 13.5. The number of amides is 2. The highest BCUT2D eigenvalue weighted by molar-refractivity contribution is 6.05. The van der Waals surface area contributed by atoms with Crippen molar-refractivity contribution in [1.82, 2.24) is 0 Å². The van der Waals surface area contributed by atoms with Gasteiger partial charge in [0.2, 0.25) is 5.91 Å². The van der Waals surface area contributed by atoms with E-state index in [1.54, 1.807) is 6.92 Å². The number of alkyl halides is 3. The summed E-state index contributed by atoms with van der Waals surface area (Å²) in [7, 11) is 0. The van der Waals surface area contributed by atoms with Crippen LogP contribution in [0, 0.1) is 17.0 Å². The van der Waals surface area contributed by atoms with E-state index in [1.165, 1.54) is 42.5 Å². The maximum Gasteiger partial charge on any atom is 0.409 e. The van der Waals surface area contributed by atoms with Gasteiger partial charge >= 0.3 is 11.9 Å². The zero-order chi connectivity index (χ0) is 22.1. The van der Waals surface area contributed by atoms with Gasteiger partial charge in [-0.15, -0.1) is 0 Å². The van der Waals surface area contributed by atoms with Gasteiger partial charge in [0, 0.05) is 6.07 Å². The van der Waals surface area contributed by atoms with E-state index >= 15 is 0 Å². The molecule has 2 aromatic rings. The maximum atomic E-state index is 13.7. The molecule has 1 atom stereocenters. The summed E-state index contributed by atoms with van der Waals surface area (Å²) in [4.78, 5) is 35.6. The van der Waals surface area contributed by atoms with Gasteiger partial charge in [0.05, 0.1) is 22.7 Å². The number of aryl methyl sites for hydroxylation is 1. The van der Waals surface area contributed by atoms with Crippen molar-refractivity contribution in [3.8, 4) is 5.75 Å². The summed E-state index contributed by atoms with van der Waals surface area (Å²) in [5.41, 5.74) is 0.0853. The molecule has 11 heteroatoms. The Balaban J connectivity index is 1.95. The highest BCUT2D eigenvalue weighted by Crippen LogP contribution is 2.38. The van der Waals surface area contributed by atoms with Crippen LogP contribution in [0.25, 0.3) is 0 Å². The van der Waals surface area contributed by atoms with E-state index in [0.717, 1.165) is 0 Å². The molecule has 1 heterocycles. The van der Waals surface area contributed by atoms with Crippen molar-refractivity contribution in [3.63, 3.8) is 0 Å². The molecule has 0 saturated carbocycles. The van der Waals surface area contributed by atoms with Crippen LogP contribution in [0.1, 0.15) is 12.0 Å². The van der Waals surface area contributed by atoms with Crippen LogP contribution in [0.2, 0.25) is 0 Å². The van der Waals surface area contributed by atoms with E-state index in [4.69, 9.17) is 4.74 Å². The number of anilines is 2. The fraction of sp³-hybridized carbons (Fsp3) is 0.263. The molecule has 0 bridgehead atoms. The second kappa shape index (κ2) is 8.01. The van der Waals surface area contributed by atoms with Gasteiger partial charge < -0.3 is 10.1 Å². The third-order valence-corrected chi connectivity index (χ3v) is 4.44. The fourth-order valence-corrected chi connectivity index (χ4v) is 3.09. The Hall–Kier alpha value is -3.63. The number of carbonyl (C=O) groups is 2. The van der Waals surface area contributed by atoms with E-state index in [2.05, 4.69) is 5.32 Å². The van der Waals surface area contributed by atoms with Crippen LogP contribution in [0.5, 0.6) is 5.75 Å². The molecule has 1 N–H and O–H groups in total. The Bertz CT molecular complexity index is 1010. The molecule has 0 aromatic heterocycles. The molecular formula is C19H16F3N3O5. The topological polar surface area (TPSA) is 102 Å². The Labute approximate surface area is 168 Å². The average Bonchev–Trinajstić information content (AvgIpc) is 2.81. The number of carbonyl (C=O) groups excluding carboxylic acids is 2. The molecule has 1 unspecified atom stereocenters. The first-order valence-electron chi connectivity index (χ1n) is 8.73. The van der Waals surface area contributed by atoms with Crippen LogP contribution in [-0.2, 0) is 9.59 Å². The molecule has 3 rings (SSSR count). The zero-order valence-corrected chi connectivity index (χ0v) is 15.6. The maximum absolute atomic E-state index is 13.7. The Morgan fingerprint density at radius 3 is 2.67 bits per heavy atom. The lowest BCUT2D eigenvalue weighted by molar-refractivity contribution is -0.385. The number of ether oxygens (including phenoxy) is 1. The monoisotopic (exact) mass is 423 g/mol. The number of nitrogens with zero attached hydrogens (tertiary/aromatic N) is 2. The molecule has 158 valence electrons. The number of benzene rings is 2. The van der Waals surface area contributed by atoms with Crippen molar-refractivity contribution < 1.29 is 32.4 Å². The van der Waals surface area contributed by atoms with Crippen LogP contribution >= 0.6 is 0 Å². The predicted molar refractivity (Wildman–Crippen MR) is 100 cm³/mol. The molecule has 2 amide bonds. The van der Waals surface area contributed by atoms with Crippen molar-refractivity contribution in [2.75, 3.05) is 16.8 Å². The van der Waals surface area contributed by atoms with E-state index in [0.29, 0.717) is 10.5 Å². The number of halogens is 3. The number of nitro benzene ring substituents is 1. The van der Waals surface area contributed by atoms with Gasteiger partial charge in [0.1, 0.15) is 6.04 Å². The summed E-state index contributed by atoms with van der Waals surface area (Å²) in [6.07, 6.45) is -5.88. The van der Waals surface area contributed by atoms with Gasteiger partial charge in [-0.25, -0.2) is 0 Å². The van der Waals surface area contributed by atoms with Gasteiger partial charge in [-0.05, 0) is 30.7 Å².